The number of hydrogen-bond donors (Lipinski definition) is 2. The third-order valence-corrected chi connectivity index (χ3v) is 3.49. The van der Waals surface area contributed by atoms with E-state index < -0.39 is 5.97 Å². The van der Waals surface area contributed by atoms with Crippen molar-refractivity contribution in [1.29, 1.82) is 0 Å². The van der Waals surface area contributed by atoms with Gasteiger partial charge in [-0.15, -0.1) is 0 Å². The molecular weight excluding hydrogens is 262 g/mol. The first-order valence-electron chi connectivity index (χ1n) is 6.40. The van der Waals surface area contributed by atoms with Gasteiger partial charge in [-0.3, -0.25) is 9.59 Å². The number of methoxy groups -OCH3 is 1. The summed E-state index contributed by atoms with van der Waals surface area (Å²) in [5.41, 5.74) is 0.181. The Labute approximate surface area is 116 Å². The number of phenolic OH excluding ortho intramolecular Hbond substituents is 1. The first kappa shape index (κ1) is 14.2. The third kappa shape index (κ3) is 2.84. The van der Waals surface area contributed by atoms with Gasteiger partial charge in [-0.1, -0.05) is 6.07 Å². The zero-order chi connectivity index (χ0) is 14.7. The third-order valence-electron chi connectivity index (χ3n) is 3.49. The molecule has 0 aliphatic carbocycles. The smallest absolute Gasteiger partial charge is 0.303 e. The largest absolute Gasteiger partial charge is 0.504 e. The van der Waals surface area contributed by atoms with Crippen LogP contribution in [0.5, 0.6) is 11.5 Å². The number of rotatable bonds is 4. The van der Waals surface area contributed by atoms with Crippen molar-refractivity contribution in [3.05, 3.63) is 23.8 Å². The van der Waals surface area contributed by atoms with Crippen molar-refractivity contribution in [2.24, 2.45) is 5.92 Å². The Hall–Kier alpha value is -2.24. The first-order chi connectivity index (χ1) is 9.52. The summed E-state index contributed by atoms with van der Waals surface area (Å²) in [5, 5.41) is 18.7. The minimum atomic E-state index is -0.853. The van der Waals surface area contributed by atoms with Gasteiger partial charge in [0, 0.05) is 19.5 Å². The molecule has 1 fully saturated rings. The first-order valence-corrected chi connectivity index (χ1v) is 6.40. The summed E-state index contributed by atoms with van der Waals surface area (Å²) in [5.74, 6) is -1.11. The lowest BCUT2D eigenvalue weighted by Crippen LogP contribution is -2.29. The van der Waals surface area contributed by atoms with Gasteiger partial charge in [-0.25, -0.2) is 0 Å². The number of benzene rings is 1. The number of ether oxygens (including phenoxy) is 1. The molecule has 1 aromatic carbocycles. The number of carboxylic acid groups (broad SMARTS) is 1. The topological polar surface area (TPSA) is 87.1 Å². The maximum atomic E-state index is 12.3. The zero-order valence-corrected chi connectivity index (χ0v) is 11.2. The van der Waals surface area contributed by atoms with E-state index >= 15 is 0 Å². The fourth-order valence-corrected chi connectivity index (χ4v) is 2.46. The van der Waals surface area contributed by atoms with E-state index in [1.807, 2.05) is 0 Å². The number of hydrogen-bond acceptors (Lipinski definition) is 4. The van der Waals surface area contributed by atoms with Crippen LogP contribution in [0.3, 0.4) is 0 Å². The Morgan fingerprint density at radius 3 is 2.85 bits per heavy atom. The van der Waals surface area contributed by atoms with Crippen LogP contribution in [0.4, 0.5) is 0 Å². The lowest BCUT2D eigenvalue weighted by atomic mass is 10.1. The van der Waals surface area contributed by atoms with Gasteiger partial charge < -0.3 is 19.8 Å². The molecule has 0 spiro atoms. The van der Waals surface area contributed by atoms with E-state index in [9.17, 15) is 14.7 Å². The van der Waals surface area contributed by atoms with Gasteiger partial charge in [0.05, 0.1) is 12.7 Å². The molecule has 1 amide bonds. The number of amides is 1. The number of nitrogens with zero attached hydrogens (tertiary/aromatic N) is 1. The van der Waals surface area contributed by atoms with Crippen molar-refractivity contribution >= 4 is 11.9 Å². The summed E-state index contributed by atoms with van der Waals surface area (Å²) in [7, 11) is 1.42. The summed E-state index contributed by atoms with van der Waals surface area (Å²) in [6.45, 7) is 0.912. The zero-order valence-electron chi connectivity index (χ0n) is 11.2. The molecule has 0 bridgehead atoms. The molecule has 0 aromatic heterocycles. The summed E-state index contributed by atoms with van der Waals surface area (Å²) in [6.07, 6.45) is 0.733. The second-order valence-electron chi connectivity index (χ2n) is 4.86. The van der Waals surface area contributed by atoms with Crippen molar-refractivity contribution in [1.82, 2.24) is 4.90 Å². The average Bonchev–Trinajstić information content (AvgIpc) is 2.86. The van der Waals surface area contributed by atoms with Crippen LogP contribution in [0.15, 0.2) is 18.2 Å². The normalized spacial score (nSPS) is 18.1. The van der Waals surface area contributed by atoms with Crippen LogP contribution >= 0.6 is 0 Å². The molecular formula is C14H17NO5. The fraction of sp³-hybridized carbons (Fsp3) is 0.429. The predicted octanol–water partition coefficient (Wildman–Crippen LogP) is 1.34. The van der Waals surface area contributed by atoms with E-state index in [1.54, 1.807) is 17.0 Å². The highest BCUT2D eigenvalue weighted by molar-refractivity contribution is 5.97. The summed E-state index contributed by atoms with van der Waals surface area (Å²) in [4.78, 5) is 24.6. The van der Waals surface area contributed by atoms with Crippen LogP contribution in [0, 0.1) is 5.92 Å². The van der Waals surface area contributed by atoms with Crippen molar-refractivity contribution in [3.63, 3.8) is 0 Å². The van der Waals surface area contributed by atoms with Crippen LogP contribution < -0.4 is 4.74 Å². The minimum Gasteiger partial charge on any atom is -0.504 e. The van der Waals surface area contributed by atoms with Crippen LogP contribution in [-0.4, -0.2) is 47.2 Å². The molecule has 0 radical (unpaired) electrons. The monoisotopic (exact) mass is 279 g/mol. The van der Waals surface area contributed by atoms with E-state index in [0.717, 1.165) is 0 Å². The van der Waals surface area contributed by atoms with E-state index in [1.165, 1.54) is 13.2 Å². The molecule has 20 heavy (non-hydrogen) atoms. The van der Waals surface area contributed by atoms with E-state index in [0.29, 0.717) is 19.5 Å². The molecule has 0 saturated carbocycles. The van der Waals surface area contributed by atoms with Gasteiger partial charge in [-0.2, -0.15) is 0 Å². The number of likely N-dealkylation sites (tertiary alicyclic amines) is 1. The van der Waals surface area contributed by atoms with Gasteiger partial charge in [0.25, 0.3) is 5.91 Å². The Bertz CT molecular complexity index is 528. The van der Waals surface area contributed by atoms with Gasteiger partial charge in [0.2, 0.25) is 0 Å². The number of carboxylic acids is 1. The van der Waals surface area contributed by atoms with Crippen molar-refractivity contribution in [2.45, 2.75) is 12.8 Å². The lowest BCUT2D eigenvalue weighted by molar-refractivity contribution is -0.138. The number of phenols is 1. The molecule has 1 aliphatic heterocycles. The van der Waals surface area contributed by atoms with Crippen LogP contribution in [0.2, 0.25) is 0 Å². The second kappa shape index (κ2) is 5.81. The molecule has 6 nitrogen and oxygen atoms in total. The Balaban J connectivity index is 2.11. The maximum Gasteiger partial charge on any atom is 0.303 e. The molecule has 1 unspecified atom stereocenters. The van der Waals surface area contributed by atoms with Gasteiger partial charge in [0.15, 0.2) is 11.5 Å². The van der Waals surface area contributed by atoms with Crippen molar-refractivity contribution < 1.29 is 24.5 Å². The van der Waals surface area contributed by atoms with Gasteiger partial charge >= 0.3 is 5.97 Å². The van der Waals surface area contributed by atoms with Crippen molar-refractivity contribution in [3.8, 4) is 11.5 Å². The summed E-state index contributed by atoms with van der Waals surface area (Å²) < 4.78 is 4.97. The molecule has 6 heteroatoms. The number of aliphatic carboxylic acids is 1. The molecule has 1 aliphatic rings. The maximum absolute atomic E-state index is 12.3. The highest BCUT2D eigenvalue weighted by atomic mass is 16.5. The number of carbonyl (C=O) groups excluding carboxylic acids is 1. The van der Waals surface area contributed by atoms with E-state index in [4.69, 9.17) is 9.84 Å². The molecule has 1 aromatic rings. The van der Waals surface area contributed by atoms with E-state index in [-0.39, 0.29) is 35.3 Å². The van der Waals surface area contributed by atoms with E-state index in [2.05, 4.69) is 0 Å². The van der Waals surface area contributed by atoms with Gasteiger partial charge in [0.1, 0.15) is 0 Å². The number of aromatic hydroxyl groups is 1. The predicted molar refractivity (Wildman–Crippen MR) is 70.9 cm³/mol. The number of carbonyl (C=O) groups is 2. The molecule has 2 N–H and O–H groups in total. The number of para-hydroxylation sites is 1. The SMILES string of the molecule is COc1cccc(C(=O)N2CCC(CC(=O)O)C2)c1O. The molecule has 1 atom stereocenters. The Kier molecular flexibility index (Phi) is 4.12. The van der Waals surface area contributed by atoms with Crippen LogP contribution in [-0.2, 0) is 4.79 Å². The standard InChI is InChI=1S/C14H17NO5/c1-20-11-4-2-3-10(13(11)18)14(19)15-6-5-9(8-15)7-12(16)17/h2-4,9,18H,5-8H2,1H3,(H,16,17). The lowest BCUT2D eigenvalue weighted by Gasteiger charge is -2.17. The Morgan fingerprint density at radius 1 is 1.45 bits per heavy atom. The quantitative estimate of drug-likeness (QED) is 0.868. The van der Waals surface area contributed by atoms with Gasteiger partial charge in [-0.05, 0) is 24.5 Å². The summed E-state index contributed by atoms with van der Waals surface area (Å²) in [6, 6.07) is 4.74. The van der Waals surface area contributed by atoms with Crippen molar-refractivity contribution in [2.75, 3.05) is 20.2 Å². The highest BCUT2D eigenvalue weighted by Gasteiger charge is 2.29. The molecule has 1 saturated heterocycles. The van der Waals surface area contributed by atoms with Crippen LogP contribution in [0.25, 0.3) is 0 Å². The minimum absolute atomic E-state index is 0.0239. The Morgan fingerprint density at radius 2 is 2.20 bits per heavy atom. The fourth-order valence-electron chi connectivity index (χ4n) is 2.46. The van der Waals surface area contributed by atoms with Crippen LogP contribution in [0.1, 0.15) is 23.2 Å². The highest BCUT2D eigenvalue weighted by Crippen LogP contribution is 2.31. The molecule has 108 valence electrons. The molecule has 2 rings (SSSR count). The molecule has 1 heterocycles. The second-order valence-corrected chi connectivity index (χ2v) is 4.86. The summed E-state index contributed by atoms with van der Waals surface area (Å²) >= 11 is 0. The average molecular weight is 279 g/mol.